The third-order valence-corrected chi connectivity index (χ3v) is 3.75. The SMILES string of the molecule is CN1CCC(CN(C)CC2CCCN2)C1. The van der Waals surface area contributed by atoms with E-state index in [1.807, 2.05) is 0 Å². The van der Waals surface area contributed by atoms with E-state index in [9.17, 15) is 0 Å². The van der Waals surface area contributed by atoms with E-state index < -0.39 is 0 Å². The van der Waals surface area contributed by atoms with Crippen molar-refractivity contribution in [2.24, 2.45) is 5.92 Å². The molecule has 3 heteroatoms. The van der Waals surface area contributed by atoms with Crippen LogP contribution in [-0.4, -0.2) is 62.7 Å². The van der Waals surface area contributed by atoms with Crippen molar-refractivity contribution in [2.45, 2.75) is 25.3 Å². The minimum Gasteiger partial charge on any atom is -0.313 e. The lowest BCUT2D eigenvalue weighted by Crippen LogP contribution is -2.38. The summed E-state index contributed by atoms with van der Waals surface area (Å²) < 4.78 is 0. The van der Waals surface area contributed by atoms with Gasteiger partial charge in [-0.3, -0.25) is 0 Å². The van der Waals surface area contributed by atoms with E-state index >= 15 is 0 Å². The topological polar surface area (TPSA) is 18.5 Å². The summed E-state index contributed by atoms with van der Waals surface area (Å²) in [5, 5.41) is 3.57. The first-order valence-electron chi connectivity index (χ1n) is 6.34. The highest BCUT2D eigenvalue weighted by molar-refractivity contribution is 4.80. The van der Waals surface area contributed by atoms with E-state index in [4.69, 9.17) is 0 Å². The molecule has 1 N–H and O–H groups in total. The summed E-state index contributed by atoms with van der Waals surface area (Å²) >= 11 is 0. The molecule has 2 aliphatic rings. The van der Waals surface area contributed by atoms with Gasteiger partial charge in [-0.25, -0.2) is 0 Å². The second-order valence-corrected chi connectivity index (χ2v) is 5.43. The molecule has 88 valence electrons. The van der Waals surface area contributed by atoms with Gasteiger partial charge in [0.1, 0.15) is 0 Å². The number of nitrogens with zero attached hydrogens (tertiary/aromatic N) is 2. The lowest BCUT2D eigenvalue weighted by molar-refractivity contribution is 0.253. The Kier molecular flexibility index (Phi) is 4.00. The fraction of sp³-hybridized carbons (Fsp3) is 1.00. The fourth-order valence-corrected chi connectivity index (χ4v) is 2.98. The van der Waals surface area contributed by atoms with Crippen LogP contribution < -0.4 is 5.32 Å². The molecule has 0 amide bonds. The first-order chi connectivity index (χ1) is 7.24. The molecule has 0 aromatic heterocycles. The molecular formula is C12H25N3. The molecule has 0 aliphatic carbocycles. The molecule has 2 saturated heterocycles. The molecule has 3 nitrogen and oxygen atoms in total. The predicted octanol–water partition coefficient (Wildman–Crippen LogP) is 0.622. The lowest BCUT2D eigenvalue weighted by atomic mass is 10.1. The normalized spacial score (nSPS) is 33.0. The molecule has 2 unspecified atom stereocenters. The first kappa shape index (κ1) is 11.4. The average molecular weight is 211 g/mol. The molecule has 2 fully saturated rings. The minimum absolute atomic E-state index is 0.758. The summed E-state index contributed by atoms with van der Waals surface area (Å²) in [4.78, 5) is 4.97. The van der Waals surface area contributed by atoms with Gasteiger partial charge < -0.3 is 15.1 Å². The largest absolute Gasteiger partial charge is 0.313 e. The Morgan fingerprint density at radius 3 is 2.80 bits per heavy atom. The van der Waals surface area contributed by atoms with E-state index in [1.54, 1.807) is 0 Å². The Hall–Kier alpha value is -0.120. The van der Waals surface area contributed by atoms with Crippen molar-refractivity contribution in [3.05, 3.63) is 0 Å². The molecule has 0 saturated carbocycles. The fourth-order valence-electron chi connectivity index (χ4n) is 2.98. The number of likely N-dealkylation sites (tertiary alicyclic amines) is 1. The van der Waals surface area contributed by atoms with Gasteiger partial charge in [0.2, 0.25) is 0 Å². The molecule has 0 radical (unpaired) electrons. The zero-order chi connectivity index (χ0) is 10.7. The van der Waals surface area contributed by atoms with Crippen LogP contribution in [0.15, 0.2) is 0 Å². The molecule has 2 rings (SSSR count). The first-order valence-corrected chi connectivity index (χ1v) is 6.34. The maximum absolute atomic E-state index is 3.57. The molecule has 2 atom stereocenters. The third kappa shape index (κ3) is 3.44. The van der Waals surface area contributed by atoms with Gasteiger partial charge in [0.15, 0.2) is 0 Å². The van der Waals surface area contributed by atoms with Crippen molar-refractivity contribution >= 4 is 0 Å². The maximum atomic E-state index is 3.57. The summed E-state index contributed by atoms with van der Waals surface area (Å²) in [6.45, 7) is 6.33. The average Bonchev–Trinajstić information content (AvgIpc) is 2.77. The van der Waals surface area contributed by atoms with Crippen LogP contribution in [0.3, 0.4) is 0 Å². The van der Waals surface area contributed by atoms with Crippen molar-refractivity contribution in [3.63, 3.8) is 0 Å². The monoisotopic (exact) mass is 211 g/mol. The van der Waals surface area contributed by atoms with Crippen LogP contribution in [-0.2, 0) is 0 Å². The van der Waals surface area contributed by atoms with Crippen molar-refractivity contribution < 1.29 is 0 Å². The predicted molar refractivity (Wildman–Crippen MR) is 64.1 cm³/mol. The highest BCUT2D eigenvalue weighted by Gasteiger charge is 2.22. The van der Waals surface area contributed by atoms with E-state index in [-0.39, 0.29) is 0 Å². The van der Waals surface area contributed by atoms with Gasteiger partial charge in [-0.05, 0) is 52.4 Å². The minimum atomic E-state index is 0.758. The number of rotatable bonds is 4. The van der Waals surface area contributed by atoms with Gasteiger partial charge in [0, 0.05) is 25.7 Å². The van der Waals surface area contributed by atoms with E-state index in [2.05, 4.69) is 29.2 Å². The summed E-state index contributed by atoms with van der Waals surface area (Å²) in [5.41, 5.74) is 0. The molecule has 0 aromatic carbocycles. The van der Waals surface area contributed by atoms with Crippen LogP contribution in [0.2, 0.25) is 0 Å². The van der Waals surface area contributed by atoms with Gasteiger partial charge in [0.05, 0.1) is 0 Å². The van der Waals surface area contributed by atoms with Crippen LogP contribution >= 0.6 is 0 Å². The lowest BCUT2D eigenvalue weighted by Gasteiger charge is -2.24. The second kappa shape index (κ2) is 5.28. The molecule has 2 aliphatic heterocycles. The smallest absolute Gasteiger partial charge is 0.0195 e. The number of nitrogens with one attached hydrogen (secondary N) is 1. The molecule has 15 heavy (non-hydrogen) atoms. The zero-order valence-corrected chi connectivity index (χ0v) is 10.2. The summed E-state index contributed by atoms with van der Waals surface area (Å²) in [6, 6.07) is 0.758. The summed E-state index contributed by atoms with van der Waals surface area (Å²) in [7, 11) is 4.51. The van der Waals surface area contributed by atoms with Gasteiger partial charge in [-0.2, -0.15) is 0 Å². The Morgan fingerprint density at radius 2 is 2.20 bits per heavy atom. The maximum Gasteiger partial charge on any atom is 0.0195 e. The summed E-state index contributed by atoms with van der Waals surface area (Å²) in [6.07, 6.45) is 4.12. The quantitative estimate of drug-likeness (QED) is 0.735. The van der Waals surface area contributed by atoms with E-state index in [0.29, 0.717) is 0 Å². The van der Waals surface area contributed by atoms with Crippen molar-refractivity contribution in [3.8, 4) is 0 Å². The van der Waals surface area contributed by atoms with E-state index in [1.165, 1.54) is 52.0 Å². The van der Waals surface area contributed by atoms with E-state index in [0.717, 1.165) is 12.0 Å². The number of likely N-dealkylation sites (N-methyl/N-ethyl adjacent to an activating group) is 1. The Bertz CT molecular complexity index is 189. The highest BCUT2D eigenvalue weighted by Crippen LogP contribution is 2.15. The van der Waals surface area contributed by atoms with Crippen LogP contribution in [0.4, 0.5) is 0 Å². The molecule has 0 bridgehead atoms. The van der Waals surface area contributed by atoms with Crippen LogP contribution in [0.25, 0.3) is 0 Å². The summed E-state index contributed by atoms with van der Waals surface area (Å²) in [5.74, 6) is 0.904. The van der Waals surface area contributed by atoms with Crippen molar-refractivity contribution in [1.29, 1.82) is 0 Å². The Labute approximate surface area is 93.8 Å². The molecular weight excluding hydrogens is 186 g/mol. The number of hydrogen-bond donors (Lipinski definition) is 1. The molecule has 2 heterocycles. The Balaban J connectivity index is 1.65. The van der Waals surface area contributed by atoms with Gasteiger partial charge in [-0.1, -0.05) is 0 Å². The van der Waals surface area contributed by atoms with Crippen molar-refractivity contribution in [1.82, 2.24) is 15.1 Å². The number of hydrogen-bond acceptors (Lipinski definition) is 3. The molecule has 0 spiro atoms. The van der Waals surface area contributed by atoms with Crippen LogP contribution in [0, 0.1) is 5.92 Å². The van der Waals surface area contributed by atoms with Crippen molar-refractivity contribution in [2.75, 3.05) is 46.8 Å². The highest BCUT2D eigenvalue weighted by atomic mass is 15.2. The second-order valence-electron chi connectivity index (χ2n) is 5.43. The van der Waals surface area contributed by atoms with Gasteiger partial charge >= 0.3 is 0 Å². The van der Waals surface area contributed by atoms with Gasteiger partial charge in [-0.15, -0.1) is 0 Å². The Morgan fingerprint density at radius 1 is 1.33 bits per heavy atom. The van der Waals surface area contributed by atoms with Crippen LogP contribution in [0.5, 0.6) is 0 Å². The van der Waals surface area contributed by atoms with Gasteiger partial charge in [0.25, 0.3) is 0 Å². The zero-order valence-electron chi connectivity index (χ0n) is 10.2. The standard InChI is InChI=1S/C12H25N3/c1-14-7-5-11(8-14)9-15(2)10-12-4-3-6-13-12/h11-13H,3-10H2,1-2H3. The third-order valence-electron chi connectivity index (χ3n) is 3.75. The van der Waals surface area contributed by atoms with Crippen LogP contribution in [0.1, 0.15) is 19.3 Å². The molecule has 0 aromatic rings.